The molecule has 0 aliphatic rings. The van der Waals surface area contributed by atoms with E-state index in [1.807, 2.05) is 13.8 Å². The van der Waals surface area contributed by atoms with E-state index in [4.69, 9.17) is 0 Å². The fourth-order valence-electron chi connectivity index (χ4n) is 2.08. The quantitative estimate of drug-likeness (QED) is 0.425. The number of carbonyl (C=O) groups excluding carboxylic acids is 1. The molecule has 0 spiro atoms. The largest absolute Gasteiger partial charge is 0.469 e. The van der Waals surface area contributed by atoms with Crippen LogP contribution in [0.5, 0.6) is 0 Å². The van der Waals surface area contributed by atoms with Gasteiger partial charge in [0, 0.05) is 20.1 Å². The van der Waals surface area contributed by atoms with Crippen LogP contribution in [0.15, 0.2) is 0 Å². The number of aryl methyl sites for hydroxylation is 2. The third-order valence-electron chi connectivity index (χ3n) is 3.07. The van der Waals surface area contributed by atoms with Gasteiger partial charge in [0.1, 0.15) is 5.69 Å². The van der Waals surface area contributed by atoms with Crippen LogP contribution in [0.3, 0.4) is 0 Å². The predicted molar refractivity (Wildman–Crippen MR) is 73.8 cm³/mol. The summed E-state index contributed by atoms with van der Waals surface area (Å²) in [5.41, 5.74) is 0.464. The van der Waals surface area contributed by atoms with Crippen molar-refractivity contribution >= 4 is 17.5 Å². The average Bonchev–Trinajstić information content (AvgIpc) is 2.76. The van der Waals surface area contributed by atoms with E-state index in [0.29, 0.717) is 31.0 Å². The Hall–Kier alpha value is -2.12. The highest BCUT2D eigenvalue weighted by Gasteiger charge is 2.29. The van der Waals surface area contributed by atoms with Crippen LogP contribution >= 0.6 is 0 Å². The number of nitro groups is 1. The second kappa shape index (κ2) is 6.88. The van der Waals surface area contributed by atoms with Crippen molar-refractivity contribution in [2.24, 2.45) is 7.05 Å². The summed E-state index contributed by atoms with van der Waals surface area (Å²) in [6.07, 6.45) is 0.660. The highest BCUT2D eigenvalue weighted by molar-refractivity contribution is 5.70. The van der Waals surface area contributed by atoms with Gasteiger partial charge >= 0.3 is 11.7 Å². The minimum Gasteiger partial charge on any atom is -0.469 e. The summed E-state index contributed by atoms with van der Waals surface area (Å²) in [5, 5.41) is 15.4. The van der Waals surface area contributed by atoms with Gasteiger partial charge in [-0.3, -0.25) is 14.9 Å². The number of methoxy groups -OCH3 is 1. The van der Waals surface area contributed by atoms with Gasteiger partial charge in [-0.2, -0.15) is 5.10 Å². The second-order valence-electron chi connectivity index (χ2n) is 4.26. The monoisotopic (exact) mass is 284 g/mol. The van der Waals surface area contributed by atoms with E-state index in [0.717, 1.165) is 0 Å². The van der Waals surface area contributed by atoms with Crippen LogP contribution in [0.2, 0.25) is 0 Å². The number of ether oxygens (including phenoxy) is 1. The van der Waals surface area contributed by atoms with Gasteiger partial charge in [-0.05, 0) is 13.3 Å². The van der Waals surface area contributed by atoms with Gasteiger partial charge in [0.15, 0.2) is 0 Å². The van der Waals surface area contributed by atoms with Crippen LogP contribution in [0, 0.1) is 10.1 Å². The zero-order valence-corrected chi connectivity index (χ0v) is 12.3. The maximum Gasteiger partial charge on any atom is 0.334 e. The van der Waals surface area contributed by atoms with Crippen molar-refractivity contribution in [2.45, 2.75) is 26.7 Å². The molecule has 1 heterocycles. The molecule has 0 bridgehead atoms. The normalized spacial score (nSPS) is 10.4. The van der Waals surface area contributed by atoms with Crippen LogP contribution in [0.25, 0.3) is 0 Å². The Morgan fingerprint density at radius 1 is 1.50 bits per heavy atom. The molecule has 1 rings (SSSR count). The van der Waals surface area contributed by atoms with Crippen LogP contribution in [0.4, 0.5) is 11.5 Å². The summed E-state index contributed by atoms with van der Waals surface area (Å²) < 4.78 is 6.09. The summed E-state index contributed by atoms with van der Waals surface area (Å²) in [7, 11) is 2.99. The maximum atomic E-state index is 11.3. The molecule has 8 nitrogen and oxygen atoms in total. The first-order chi connectivity index (χ1) is 9.46. The van der Waals surface area contributed by atoms with E-state index >= 15 is 0 Å². The molecule has 8 heteroatoms. The Bertz CT molecular complexity index is 498. The number of anilines is 1. The van der Waals surface area contributed by atoms with Gasteiger partial charge in [0.25, 0.3) is 0 Å². The summed E-state index contributed by atoms with van der Waals surface area (Å²) >= 11 is 0. The summed E-state index contributed by atoms with van der Waals surface area (Å²) in [6, 6.07) is 0. The fourth-order valence-corrected chi connectivity index (χ4v) is 2.08. The van der Waals surface area contributed by atoms with Gasteiger partial charge in [-0.1, -0.05) is 6.92 Å². The van der Waals surface area contributed by atoms with E-state index in [1.54, 1.807) is 11.9 Å². The van der Waals surface area contributed by atoms with E-state index < -0.39 is 4.92 Å². The zero-order valence-electron chi connectivity index (χ0n) is 12.3. The van der Waals surface area contributed by atoms with Crippen molar-refractivity contribution in [3.8, 4) is 0 Å². The highest BCUT2D eigenvalue weighted by Crippen LogP contribution is 2.31. The summed E-state index contributed by atoms with van der Waals surface area (Å²) in [4.78, 5) is 23.8. The molecule has 112 valence electrons. The minimum absolute atomic E-state index is 0.0155. The lowest BCUT2D eigenvalue weighted by Gasteiger charge is -2.21. The number of hydrogen-bond donors (Lipinski definition) is 0. The first-order valence-corrected chi connectivity index (χ1v) is 6.48. The van der Waals surface area contributed by atoms with Crippen molar-refractivity contribution < 1.29 is 14.5 Å². The molecule has 0 N–H and O–H groups in total. The van der Waals surface area contributed by atoms with Gasteiger partial charge in [0.2, 0.25) is 5.82 Å². The van der Waals surface area contributed by atoms with Gasteiger partial charge in [0.05, 0.1) is 18.5 Å². The molecular weight excluding hydrogens is 264 g/mol. The zero-order chi connectivity index (χ0) is 15.3. The molecule has 0 unspecified atom stereocenters. The van der Waals surface area contributed by atoms with Gasteiger partial charge in [-0.25, -0.2) is 4.68 Å². The van der Waals surface area contributed by atoms with Crippen LogP contribution in [-0.2, 0) is 23.0 Å². The topological polar surface area (TPSA) is 90.5 Å². The number of nitrogens with zero attached hydrogens (tertiary/aromatic N) is 4. The minimum atomic E-state index is -0.415. The third-order valence-corrected chi connectivity index (χ3v) is 3.07. The number of aromatic nitrogens is 2. The third kappa shape index (κ3) is 3.25. The van der Waals surface area contributed by atoms with Crippen LogP contribution in [-0.4, -0.2) is 40.9 Å². The molecule has 0 amide bonds. The molecule has 1 aromatic rings. The Morgan fingerprint density at radius 3 is 2.60 bits per heavy atom. The van der Waals surface area contributed by atoms with Crippen molar-refractivity contribution in [3.05, 3.63) is 15.8 Å². The molecule has 1 aromatic heterocycles. The van der Waals surface area contributed by atoms with Gasteiger partial charge in [-0.15, -0.1) is 0 Å². The number of esters is 1. The van der Waals surface area contributed by atoms with E-state index in [2.05, 4.69) is 9.84 Å². The first kappa shape index (κ1) is 15.9. The average molecular weight is 284 g/mol. The molecular formula is C12H20N4O4. The Morgan fingerprint density at radius 2 is 2.15 bits per heavy atom. The first-order valence-electron chi connectivity index (χ1n) is 6.48. The maximum absolute atomic E-state index is 11.3. The second-order valence-corrected chi connectivity index (χ2v) is 4.26. The molecule has 20 heavy (non-hydrogen) atoms. The standard InChI is InChI=1S/C12H20N4O4/c1-5-9-11(16(18)19)12(14(3)13-9)15(6-2)8-7-10(17)20-4/h5-8H2,1-4H3. The highest BCUT2D eigenvalue weighted by atomic mass is 16.6. The van der Waals surface area contributed by atoms with Crippen LogP contribution in [0.1, 0.15) is 26.0 Å². The van der Waals surface area contributed by atoms with E-state index in [-0.39, 0.29) is 18.1 Å². The SMILES string of the molecule is CCc1nn(C)c(N(CC)CCC(=O)OC)c1[N+](=O)[O-]. The number of carbonyl (C=O) groups is 1. The molecule has 0 fully saturated rings. The van der Waals surface area contributed by atoms with Crippen molar-refractivity contribution in [1.29, 1.82) is 0 Å². The lowest BCUT2D eigenvalue weighted by atomic mass is 10.2. The van der Waals surface area contributed by atoms with Crippen molar-refractivity contribution in [3.63, 3.8) is 0 Å². The van der Waals surface area contributed by atoms with E-state index in [1.165, 1.54) is 11.8 Å². The summed E-state index contributed by atoms with van der Waals surface area (Å²) in [5.74, 6) is 0.0854. The molecule has 0 radical (unpaired) electrons. The van der Waals surface area contributed by atoms with Gasteiger partial charge < -0.3 is 9.64 Å². The Balaban J connectivity index is 3.11. The lowest BCUT2D eigenvalue weighted by Crippen LogP contribution is -2.28. The van der Waals surface area contributed by atoms with Crippen LogP contribution < -0.4 is 4.90 Å². The Kier molecular flexibility index (Phi) is 5.48. The molecule has 0 atom stereocenters. The van der Waals surface area contributed by atoms with Crippen molar-refractivity contribution in [2.75, 3.05) is 25.1 Å². The summed E-state index contributed by atoms with van der Waals surface area (Å²) in [6.45, 7) is 4.59. The molecule has 0 aliphatic carbocycles. The number of rotatable bonds is 7. The molecule has 0 saturated heterocycles. The molecule has 0 saturated carbocycles. The molecule has 0 aromatic carbocycles. The predicted octanol–water partition coefficient (Wildman–Crippen LogP) is 1.28. The van der Waals surface area contributed by atoms with E-state index in [9.17, 15) is 14.9 Å². The fraction of sp³-hybridized carbons (Fsp3) is 0.667. The smallest absolute Gasteiger partial charge is 0.334 e. The Labute approximate surface area is 117 Å². The number of hydrogen-bond acceptors (Lipinski definition) is 6. The van der Waals surface area contributed by atoms with Crippen molar-refractivity contribution in [1.82, 2.24) is 9.78 Å². The lowest BCUT2D eigenvalue weighted by molar-refractivity contribution is -0.384. The molecule has 0 aliphatic heterocycles.